The van der Waals surface area contributed by atoms with Gasteiger partial charge >= 0.3 is 0 Å². The molecule has 1 atom stereocenters. The molecule has 2 heterocycles. The first kappa shape index (κ1) is 18.3. The summed E-state index contributed by atoms with van der Waals surface area (Å²) in [5, 5.41) is 9.67. The lowest BCUT2D eigenvalue weighted by Gasteiger charge is -2.24. The summed E-state index contributed by atoms with van der Waals surface area (Å²) in [7, 11) is 0. The Hall–Kier alpha value is -1.47. The summed E-state index contributed by atoms with van der Waals surface area (Å²) in [4.78, 5) is 2.90. The van der Waals surface area contributed by atoms with Crippen LogP contribution in [0.4, 0.5) is 0 Å². The van der Waals surface area contributed by atoms with Crippen LogP contribution in [0.5, 0.6) is 0 Å². The second-order valence-corrected chi connectivity index (χ2v) is 7.61. The number of thiophene rings is 1. The quantitative estimate of drug-likeness (QED) is 0.507. The Labute approximate surface area is 159 Å². The highest BCUT2D eigenvalue weighted by molar-refractivity contribution is 7.80. The van der Waals surface area contributed by atoms with Crippen LogP contribution in [-0.2, 0) is 4.74 Å². The van der Waals surface area contributed by atoms with Gasteiger partial charge in [-0.15, -0.1) is 11.3 Å². The zero-order valence-corrected chi connectivity index (χ0v) is 16.0. The van der Waals surface area contributed by atoms with Gasteiger partial charge in [-0.25, -0.2) is 0 Å². The van der Waals surface area contributed by atoms with E-state index in [0.29, 0.717) is 0 Å². The number of thiocarbonyl (C=S) groups is 1. The molecule has 1 aliphatic rings. The molecule has 1 aromatic heterocycles. The van der Waals surface area contributed by atoms with Crippen molar-refractivity contribution >= 4 is 28.7 Å². The van der Waals surface area contributed by atoms with Crippen LogP contribution >= 0.6 is 23.6 Å². The third kappa shape index (κ3) is 5.78. The van der Waals surface area contributed by atoms with Gasteiger partial charge in [-0.3, -0.25) is 0 Å². The smallest absolute Gasteiger partial charge is 0.167 e. The highest BCUT2D eigenvalue weighted by Gasteiger charge is 2.16. The number of hydrogen-bond acceptors (Lipinski definition) is 3. The van der Waals surface area contributed by atoms with Crippen molar-refractivity contribution in [2.75, 3.05) is 39.4 Å². The first-order chi connectivity index (χ1) is 12.3. The standard InChI is InChI=1S/C19H25N3OS2/c24-19(20-9-5-10-22-11-13-23-14-12-22)21-18(17-8-4-15-25-17)16-6-2-1-3-7-16/h1-4,6-8,15,18H,5,9-14H2,(H2,20,21,24)/p+1/t18-/m0/s1. The molecule has 0 unspecified atom stereocenters. The Morgan fingerprint density at radius 1 is 1.16 bits per heavy atom. The molecule has 0 amide bonds. The summed E-state index contributed by atoms with van der Waals surface area (Å²) >= 11 is 7.28. The molecule has 25 heavy (non-hydrogen) atoms. The zero-order chi connectivity index (χ0) is 17.3. The Bertz CT molecular complexity index is 627. The fraction of sp³-hybridized carbons (Fsp3) is 0.421. The van der Waals surface area contributed by atoms with Gasteiger partial charge in [0.05, 0.1) is 25.8 Å². The summed E-state index contributed by atoms with van der Waals surface area (Å²) in [6, 6.07) is 14.8. The van der Waals surface area contributed by atoms with Gasteiger partial charge in [-0.2, -0.15) is 0 Å². The Kier molecular flexibility index (Phi) is 7.23. The van der Waals surface area contributed by atoms with Crippen molar-refractivity contribution in [3.63, 3.8) is 0 Å². The molecule has 4 nitrogen and oxygen atoms in total. The minimum absolute atomic E-state index is 0.103. The Morgan fingerprint density at radius 2 is 1.96 bits per heavy atom. The number of benzene rings is 1. The van der Waals surface area contributed by atoms with Gasteiger partial charge in [0.2, 0.25) is 0 Å². The first-order valence-electron chi connectivity index (χ1n) is 8.87. The summed E-state index contributed by atoms with van der Waals surface area (Å²) in [5.74, 6) is 0. The van der Waals surface area contributed by atoms with Gasteiger partial charge in [-0.05, 0) is 29.2 Å². The fourth-order valence-corrected chi connectivity index (χ4v) is 4.07. The molecular formula is C19H26N3OS2+. The Balaban J connectivity index is 1.47. The minimum atomic E-state index is 0.103. The van der Waals surface area contributed by atoms with Crippen LogP contribution in [0.2, 0.25) is 0 Å². The van der Waals surface area contributed by atoms with Gasteiger partial charge in [0.15, 0.2) is 5.11 Å². The largest absolute Gasteiger partial charge is 0.370 e. The van der Waals surface area contributed by atoms with E-state index in [-0.39, 0.29) is 6.04 Å². The third-order valence-corrected chi connectivity index (χ3v) is 5.63. The van der Waals surface area contributed by atoms with E-state index >= 15 is 0 Å². The summed E-state index contributed by atoms with van der Waals surface area (Å²) in [5.41, 5.74) is 1.23. The molecule has 0 aliphatic carbocycles. The second-order valence-electron chi connectivity index (χ2n) is 6.23. The van der Waals surface area contributed by atoms with Crippen molar-refractivity contribution < 1.29 is 9.64 Å². The average Bonchev–Trinajstić information content (AvgIpc) is 3.19. The molecule has 134 valence electrons. The van der Waals surface area contributed by atoms with Crippen molar-refractivity contribution in [2.45, 2.75) is 12.5 Å². The van der Waals surface area contributed by atoms with Gasteiger partial charge in [0, 0.05) is 17.8 Å². The molecule has 3 rings (SSSR count). The lowest BCUT2D eigenvalue weighted by atomic mass is 10.1. The maximum Gasteiger partial charge on any atom is 0.167 e. The SMILES string of the molecule is S=C(NCCC[NH+]1CCOCC1)N[C@@H](c1ccccc1)c1cccs1. The van der Waals surface area contributed by atoms with E-state index in [1.54, 1.807) is 16.2 Å². The van der Waals surface area contributed by atoms with E-state index < -0.39 is 0 Å². The zero-order valence-electron chi connectivity index (χ0n) is 14.4. The lowest BCUT2D eigenvalue weighted by Crippen LogP contribution is -3.14. The van der Waals surface area contributed by atoms with Crippen LogP contribution in [-0.4, -0.2) is 44.5 Å². The van der Waals surface area contributed by atoms with Crippen molar-refractivity contribution in [1.29, 1.82) is 0 Å². The van der Waals surface area contributed by atoms with Crippen molar-refractivity contribution in [3.05, 3.63) is 58.3 Å². The van der Waals surface area contributed by atoms with Crippen molar-refractivity contribution in [3.8, 4) is 0 Å². The predicted octanol–water partition coefficient (Wildman–Crippen LogP) is 1.61. The van der Waals surface area contributed by atoms with Gasteiger partial charge in [-0.1, -0.05) is 36.4 Å². The van der Waals surface area contributed by atoms with Crippen molar-refractivity contribution in [1.82, 2.24) is 10.6 Å². The van der Waals surface area contributed by atoms with Crippen molar-refractivity contribution in [2.24, 2.45) is 0 Å². The van der Waals surface area contributed by atoms with Crippen LogP contribution in [0, 0.1) is 0 Å². The molecule has 1 fully saturated rings. The number of nitrogens with one attached hydrogen (secondary N) is 3. The average molecular weight is 377 g/mol. The van der Waals surface area contributed by atoms with E-state index in [2.05, 4.69) is 52.4 Å². The topological polar surface area (TPSA) is 37.7 Å². The van der Waals surface area contributed by atoms with Crippen LogP contribution in [0.3, 0.4) is 0 Å². The van der Waals surface area contributed by atoms with Crippen LogP contribution in [0.1, 0.15) is 22.9 Å². The third-order valence-electron chi connectivity index (χ3n) is 4.43. The molecule has 0 spiro atoms. The van der Waals surface area contributed by atoms with E-state index in [1.165, 1.54) is 17.0 Å². The molecule has 1 aromatic carbocycles. The predicted molar refractivity (Wildman–Crippen MR) is 107 cm³/mol. The first-order valence-corrected chi connectivity index (χ1v) is 10.2. The number of ether oxygens (including phenoxy) is 1. The number of morpholine rings is 1. The van der Waals surface area contributed by atoms with Crippen LogP contribution in [0.15, 0.2) is 47.8 Å². The molecule has 0 saturated carbocycles. The molecule has 1 aliphatic heterocycles. The number of rotatable bonds is 7. The maximum atomic E-state index is 5.53. The lowest BCUT2D eigenvalue weighted by molar-refractivity contribution is -0.908. The van der Waals surface area contributed by atoms with Gasteiger partial charge < -0.3 is 20.3 Å². The number of hydrogen-bond donors (Lipinski definition) is 3. The summed E-state index contributed by atoms with van der Waals surface area (Å²) in [6.45, 7) is 6.10. The summed E-state index contributed by atoms with van der Waals surface area (Å²) in [6.07, 6.45) is 1.12. The van der Waals surface area contributed by atoms with E-state index in [4.69, 9.17) is 17.0 Å². The molecule has 3 N–H and O–H groups in total. The Morgan fingerprint density at radius 3 is 2.68 bits per heavy atom. The van der Waals surface area contributed by atoms with Crippen LogP contribution in [0.25, 0.3) is 0 Å². The normalized spacial score (nSPS) is 16.3. The fourth-order valence-electron chi connectivity index (χ4n) is 3.05. The molecule has 0 bridgehead atoms. The molecule has 2 aromatic rings. The number of quaternary nitrogens is 1. The monoisotopic (exact) mass is 376 g/mol. The molecule has 1 saturated heterocycles. The van der Waals surface area contributed by atoms with Gasteiger partial charge in [0.1, 0.15) is 13.1 Å². The minimum Gasteiger partial charge on any atom is -0.370 e. The highest BCUT2D eigenvalue weighted by Crippen LogP contribution is 2.25. The summed E-state index contributed by atoms with van der Waals surface area (Å²) < 4.78 is 5.40. The molecule has 6 heteroatoms. The molecule has 0 radical (unpaired) electrons. The van der Waals surface area contributed by atoms with Crippen LogP contribution < -0.4 is 15.5 Å². The van der Waals surface area contributed by atoms with E-state index in [1.807, 2.05) is 6.07 Å². The highest BCUT2D eigenvalue weighted by atomic mass is 32.1. The van der Waals surface area contributed by atoms with E-state index in [0.717, 1.165) is 44.4 Å². The second kappa shape index (κ2) is 9.87. The van der Waals surface area contributed by atoms with E-state index in [9.17, 15) is 0 Å². The maximum absolute atomic E-state index is 5.53. The molecular weight excluding hydrogens is 350 g/mol. The van der Waals surface area contributed by atoms with Gasteiger partial charge in [0.25, 0.3) is 0 Å².